The second-order valence-corrected chi connectivity index (χ2v) is 5.91. The molecule has 0 spiro atoms. The Morgan fingerprint density at radius 2 is 2.00 bits per heavy atom. The molecule has 0 fully saturated rings. The van der Waals surface area contributed by atoms with E-state index in [1.54, 1.807) is 6.07 Å². The van der Waals surface area contributed by atoms with Crippen molar-refractivity contribution >= 4 is 33.2 Å². The third kappa shape index (κ3) is 4.63. The molecule has 0 aliphatic carbocycles. The summed E-state index contributed by atoms with van der Waals surface area (Å²) in [4.78, 5) is 0. The van der Waals surface area contributed by atoms with Gasteiger partial charge in [0.05, 0.1) is 15.2 Å². The van der Waals surface area contributed by atoms with Crippen molar-refractivity contribution < 1.29 is 9.84 Å². The van der Waals surface area contributed by atoms with E-state index in [0.29, 0.717) is 11.6 Å². The lowest BCUT2D eigenvalue weighted by Gasteiger charge is -2.16. The first-order chi connectivity index (χ1) is 10.1. The number of rotatable bonds is 6. The fraction of sp³-hybridized carbons (Fsp3) is 0.250. The average Bonchev–Trinajstić information content (AvgIpc) is 2.48. The van der Waals surface area contributed by atoms with E-state index in [1.807, 2.05) is 43.3 Å². The molecule has 1 unspecified atom stereocenters. The van der Waals surface area contributed by atoms with Crippen LogP contribution in [0.1, 0.15) is 5.56 Å². The quantitative estimate of drug-likeness (QED) is 0.798. The van der Waals surface area contributed by atoms with Crippen molar-refractivity contribution in [1.82, 2.24) is 0 Å². The van der Waals surface area contributed by atoms with E-state index in [1.165, 1.54) is 0 Å². The summed E-state index contributed by atoms with van der Waals surface area (Å²) in [5.74, 6) is 0.792. The Hall–Kier alpha value is -1.23. The molecule has 2 aromatic carbocycles. The van der Waals surface area contributed by atoms with Crippen LogP contribution in [0.3, 0.4) is 0 Å². The van der Waals surface area contributed by atoms with Crippen molar-refractivity contribution in [2.24, 2.45) is 0 Å². The maximum atomic E-state index is 9.99. The Kier molecular flexibility index (Phi) is 5.91. The van der Waals surface area contributed by atoms with Gasteiger partial charge in [-0.1, -0.05) is 35.9 Å². The Morgan fingerprint density at radius 3 is 2.76 bits per heavy atom. The van der Waals surface area contributed by atoms with Crippen molar-refractivity contribution in [3.63, 3.8) is 0 Å². The summed E-state index contributed by atoms with van der Waals surface area (Å²) in [6.07, 6.45) is -0.615. The summed E-state index contributed by atoms with van der Waals surface area (Å²) < 4.78 is 6.40. The van der Waals surface area contributed by atoms with Gasteiger partial charge in [-0.2, -0.15) is 0 Å². The molecule has 2 N–H and O–H groups in total. The minimum absolute atomic E-state index is 0.232. The van der Waals surface area contributed by atoms with Crippen LogP contribution < -0.4 is 10.1 Å². The normalized spacial score (nSPS) is 12.0. The van der Waals surface area contributed by atoms with Gasteiger partial charge in [-0.25, -0.2) is 0 Å². The third-order valence-electron chi connectivity index (χ3n) is 3.00. The number of hydrogen-bond acceptors (Lipinski definition) is 3. The maximum Gasteiger partial charge on any atom is 0.122 e. The van der Waals surface area contributed by atoms with Crippen molar-refractivity contribution in [1.29, 1.82) is 0 Å². The van der Waals surface area contributed by atoms with Gasteiger partial charge in [0.2, 0.25) is 0 Å². The van der Waals surface area contributed by atoms with Gasteiger partial charge in [-0.3, -0.25) is 0 Å². The minimum atomic E-state index is -0.615. The highest BCUT2D eigenvalue weighted by Gasteiger charge is 2.08. The fourth-order valence-electron chi connectivity index (χ4n) is 1.83. The number of benzene rings is 2. The van der Waals surface area contributed by atoms with Crippen LogP contribution in [-0.2, 0) is 0 Å². The molecule has 0 aliphatic rings. The van der Waals surface area contributed by atoms with E-state index in [4.69, 9.17) is 16.3 Å². The highest BCUT2D eigenvalue weighted by atomic mass is 79.9. The summed E-state index contributed by atoms with van der Waals surface area (Å²) in [6.45, 7) is 2.59. The van der Waals surface area contributed by atoms with Gasteiger partial charge in [-0.15, -0.1) is 0 Å². The Balaban J connectivity index is 1.84. The molecule has 0 radical (unpaired) electrons. The zero-order valence-electron chi connectivity index (χ0n) is 11.6. The van der Waals surface area contributed by atoms with E-state index in [9.17, 15) is 5.11 Å². The Labute approximate surface area is 138 Å². The molecule has 0 saturated carbocycles. The van der Waals surface area contributed by atoms with Crippen molar-refractivity contribution in [2.75, 3.05) is 18.5 Å². The SMILES string of the molecule is Cc1ccccc1OCC(O)CNc1cccc(Cl)c1Br. The summed E-state index contributed by atoms with van der Waals surface area (Å²) in [5.41, 5.74) is 1.90. The van der Waals surface area contributed by atoms with Crippen LogP contribution in [0.5, 0.6) is 5.75 Å². The smallest absolute Gasteiger partial charge is 0.122 e. The van der Waals surface area contributed by atoms with Gasteiger partial charge in [0.1, 0.15) is 18.5 Å². The monoisotopic (exact) mass is 369 g/mol. The number of halogens is 2. The van der Waals surface area contributed by atoms with Gasteiger partial charge in [0.25, 0.3) is 0 Å². The molecule has 2 rings (SSSR count). The second kappa shape index (κ2) is 7.69. The average molecular weight is 371 g/mol. The molecule has 21 heavy (non-hydrogen) atoms. The number of anilines is 1. The number of hydrogen-bond donors (Lipinski definition) is 2. The van der Waals surface area contributed by atoms with Gasteiger partial charge in [0.15, 0.2) is 0 Å². The van der Waals surface area contributed by atoms with E-state index in [2.05, 4.69) is 21.2 Å². The summed E-state index contributed by atoms with van der Waals surface area (Å²) in [5, 5.41) is 13.8. The van der Waals surface area contributed by atoms with Crippen LogP contribution in [0.15, 0.2) is 46.9 Å². The molecule has 0 heterocycles. The lowest BCUT2D eigenvalue weighted by atomic mass is 10.2. The Morgan fingerprint density at radius 1 is 1.24 bits per heavy atom. The molecule has 0 amide bonds. The number of ether oxygens (including phenoxy) is 1. The first-order valence-electron chi connectivity index (χ1n) is 6.62. The lowest BCUT2D eigenvalue weighted by molar-refractivity contribution is 0.117. The predicted molar refractivity (Wildman–Crippen MR) is 90.3 cm³/mol. The largest absolute Gasteiger partial charge is 0.491 e. The topological polar surface area (TPSA) is 41.5 Å². The van der Waals surface area contributed by atoms with Gasteiger partial charge in [0, 0.05) is 6.54 Å². The molecule has 5 heteroatoms. The standard InChI is InChI=1S/C16H17BrClNO2/c1-11-5-2-3-8-15(11)21-10-12(20)9-19-14-7-4-6-13(18)16(14)17/h2-8,12,19-20H,9-10H2,1H3. The number of aliphatic hydroxyl groups excluding tert-OH is 1. The molecular formula is C16H17BrClNO2. The number of aryl methyl sites for hydroxylation is 1. The van der Waals surface area contributed by atoms with Crippen LogP contribution in [0.2, 0.25) is 5.02 Å². The van der Waals surface area contributed by atoms with E-state index < -0.39 is 6.10 Å². The van der Waals surface area contributed by atoms with Gasteiger partial charge < -0.3 is 15.2 Å². The maximum absolute atomic E-state index is 9.99. The van der Waals surface area contributed by atoms with E-state index in [-0.39, 0.29) is 6.61 Å². The molecule has 1 atom stereocenters. The lowest BCUT2D eigenvalue weighted by Crippen LogP contribution is -2.26. The number of para-hydroxylation sites is 1. The van der Waals surface area contributed by atoms with Crippen molar-refractivity contribution in [3.8, 4) is 5.75 Å². The zero-order valence-corrected chi connectivity index (χ0v) is 14.0. The number of aliphatic hydroxyl groups is 1. The predicted octanol–water partition coefficient (Wildman–Crippen LogP) is 4.26. The molecule has 3 nitrogen and oxygen atoms in total. The van der Waals surface area contributed by atoms with Crippen LogP contribution in [0.4, 0.5) is 5.69 Å². The summed E-state index contributed by atoms with van der Waals surface area (Å²) >= 11 is 9.42. The molecule has 112 valence electrons. The highest BCUT2D eigenvalue weighted by Crippen LogP contribution is 2.29. The van der Waals surface area contributed by atoms with E-state index >= 15 is 0 Å². The van der Waals surface area contributed by atoms with Crippen LogP contribution >= 0.6 is 27.5 Å². The summed E-state index contributed by atoms with van der Waals surface area (Å²) in [7, 11) is 0. The fourth-order valence-corrected chi connectivity index (χ4v) is 2.41. The second-order valence-electron chi connectivity index (χ2n) is 4.71. The van der Waals surface area contributed by atoms with Crippen LogP contribution in [-0.4, -0.2) is 24.4 Å². The highest BCUT2D eigenvalue weighted by molar-refractivity contribution is 9.10. The first kappa shape index (κ1) is 16.1. The van der Waals surface area contributed by atoms with Crippen LogP contribution in [0, 0.1) is 6.92 Å². The number of nitrogens with one attached hydrogen (secondary N) is 1. The van der Waals surface area contributed by atoms with Crippen molar-refractivity contribution in [2.45, 2.75) is 13.0 Å². The molecule has 2 aromatic rings. The van der Waals surface area contributed by atoms with Crippen LogP contribution in [0.25, 0.3) is 0 Å². The molecule has 0 aliphatic heterocycles. The minimum Gasteiger partial charge on any atom is -0.491 e. The zero-order chi connectivity index (χ0) is 15.2. The molecular weight excluding hydrogens is 354 g/mol. The van der Waals surface area contributed by atoms with Gasteiger partial charge in [-0.05, 0) is 46.6 Å². The van der Waals surface area contributed by atoms with Crippen molar-refractivity contribution in [3.05, 3.63) is 57.5 Å². The third-order valence-corrected chi connectivity index (χ3v) is 4.40. The van der Waals surface area contributed by atoms with Gasteiger partial charge >= 0.3 is 0 Å². The molecule has 0 saturated heterocycles. The summed E-state index contributed by atoms with van der Waals surface area (Å²) in [6, 6.07) is 13.3. The van der Waals surface area contributed by atoms with E-state index in [0.717, 1.165) is 21.5 Å². The Bertz CT molecular complexity index is 607. The molecule has 0 aromatic heterocycles. The molecule has 0 bridgehead atoms. The first-order valence-corrected chi connectivity index (χ1v) is 7.79.